The number of hydrogen-bond donors (Lipinski definition) is 2. The van der Waals surface area contributed by atoms with Crippen LogP contribution in [0.3, 0.4) is 0 Å². The molecule has 0 atom stereocenters. The Bertz CT molecular complexity index is 1130. The van der Waals surface area contributed by atoms with Gasteiger partial charge in [-0.2, -0.15) is 0 Å². The van der Waals surface area contributed by atoms with E-state index in [9.17, 15) is 13.2 Å². The topological polar surface area (TPSA) is 93.7 Å². The van der Waals surface area contributed by atoms with Crippen molar-refractivity contribution in [3.8, 4) is 11.5 Å². The van der Waals surface area contributed by atoms with Crippen LogP contribution in [0.15, 0.2) is 82.2 Å². The van der Waals surface area contributed by atoms with Gasteiger partial charge in [0.05, 0.1) is 23.4 Å². The number of sulfonamides is 1. The first-order chi connectivity index (χ1) is 14.4. The summed E-state index contributed by atoms with van der Waals surface area (Å²) in [6, 6.07) is 19.6. The monoisotopic (exact) mass is 490 g/mol. The van der Waals surface area contributed by atoms with Gasteiger partial charge in [0, 0.05) is 10.5 Å². The molecule has 0 bridgehead atoms. The summed E-state index contributed by atoms with van der Waals surface area (Å²) in [4.78, 5) is 12.1. The van der Waals surface area contributed by atoms with Crippen LogP contribution in [0.4, 0.5) is 11.4 Å². The first-order valence-corrected chi connectivity index (χ1v) is 11.1. The number of rotatable bonds is 8. The lowest BCUT2D eigenvalue weighted by molar-refractivity contribution is -0.118. The van der Waals surface area contributed by atoms with Gasteiger partial charge in [0.1, 0.15) is 11.5 Å². The van der Waals surface area contributed by atoms with Crippen molar-refractivity contribution in [2.45, 2.75) is 4.90 Å². The zero-order chi connectivity index (χ0) is 21.6. The number of methoxy groups -OCH3 is 1. The van der Waals surface area contributed by atoms with E-state index in [1.807, 2.05) is 12.1 Å². The van der Waals surface area contributed by atoms with Crippen molar-refractivity contribution in [2.24, 2.45) is 0 Å². The Morgan fingerprint density at radius 1 is 0.967 bits per heavy atom. The van der Waals surface area contributed by atoms with E-state index in [2.05, 4.69) is 26.0 Å². The molecular weight excluding hydrogens is 472 g/mol. The van der Waals surface area contributed by atoms with Crippen LogP contribution in [0.25, 0.3) is 0 Å². The number of anilines is 2. The largest absolute Gasteiger partial charge is 0.497 e. The average molecular weight is 491 g/mol. The van der Waals surface area contributed by atoms with E-state index >= 15 is 0 Å². The fraction of sp³-hybridized carbons (Fsp3) is 0.0952. The molecule has 0 saturated heterocycles. The van der Waals surface area contributed by atoms with Crippen LogP contribution >= 0.6 is 15.9 Å². The van der Waals surface area contributed by atoms with Gasteiger partial charge in [-0.05, 0) is 64.5 Å². The standard InChI is InChI=1S/C21H19BrN2O5S/c1-28-17-6-4-5-15(13-17)24-30(26,27)18-11-9-16(10-12-18)29-14-21(25)23-20-8-3-2-7-19(20)22/h2-13,24H,14H2,1H3,(H,23,25). The van der Waals surface area contributed by atoms with Crippen LogP contribution < -0.4 is 19.5 Å². The van der Waals surface area contributed by atoms with Crippen LogP contribution in [0.5, 0.6) is 11.5 Å². The van der Waals surface area contributed by atoms with Gasteiger partial charge in [-0.1, -0.05) is 18.2 Å². The van der Waals surface area contributed by atoms with Gasteiger partial charge in [-0.25, -0.2) is 8.42 Å². The molecule has 1 amide bonds. The molecule has 0 fully saturated rings. The summed E-state index contributed by atoms with van der Waals surface area (Å²) in [6.45, 7) is -0.213. The Morgan fingerprint density at radius 3 is 2.40 bits per heavy atom. The van der Waals surface area contributed by atoms with Crippen LogP contribution in [-0.2, 0) is 14.8 Å². The van der Waals surface area contributed by atoms with Crippen LogP contribution in [-0.4, -0.2) is 28.0 Å². The molecule has 3 aromatic carbocycles. The van der Waals surface area contributed by atoms with E-state index in [4.69, 9.17) is 9.47 Å². The fourth-order valence-electron chi connectivity index (χ4n) is 2.51. The molecule has 30 heavy (non-hydrogen) atoms. The third kappa shape index (κ3) is 5.74. The van der Waals surface area contributed by atoms with Crippen molar-refractivity contribution in [1.29, 1.82) is 0 Å². The first-order valence-electron chi connectivity index (χ1n) is 8.81. The van der Waals surface area contributed by atoms with Gasteiger partial charge in [0.2, 0.25) is 0 Å². The molecule has 0 unspecified atom stereocenters. The number of para-hydroxylation sites is 1. The molecule has 0 aliphatic rings. The Labute approximate surface area is 183 Å². The zero-order valence-corrected chi connectivity index (χ0v) is 18.4. The first kappa shape index (κ1) is 21.7. The molecule has 156 valence electrons. The number of benzene rings is 3. The van der Waals surface area contributed by atoms with Gasteiger partial charge < -0.3 is 14.8 Å². The second-order valence-electron chi connectivity index (χ2n) is 6.13. The molecular formula is C21H19BrN2O5S. The second kappa shape index (κ2) is 9.64. The maximum absolute atomic E-state index is 12.6. The van der Waals surface area contributed by atoms with E-state index in [1.165, 1.54) is 31.4 Å². The Morgan fingerprint density at radius 2 is 1.70 bits per heavy atom. The van der Waals surface area contributed by atoms with Crippen molar-refractivity contribution in [2.75, 3.05) is 23.8 Å². The highest BCUT2D eigenvalue weighted by Crippen LogP contribution is 2.23. The number of amides is 1. The number of hydrogen-bond acceptors (Lipinski definition) is 5. The molecule has 0 heterocycles. The number of ether oxygens (including phenoxy) is 2. The highest BCUT2D eigenvalue weighted by molar-refractivity contribution is 9.10. The Kier molecular flexibility index (Phi) is 6.96. The predicted molar refractivity (Wildman–Crippen MR) is 119 cm³/mol. The normalized spacial score (nSPS) is 10.9. The highest BCUT2D eigenvalue weighted by atomic mass is 79.9. The summed E-state index contributed by atoms with van der Waals surface area (Å²) < 4.78 is 38.9. The predicted octanol–water partition coefficient (Wildman–Crippen LogP) is 4.28. The number of carbonyl (C=O) groups is 1. The van der Waals surface area contributed by atoms with E-state index in [0.717, 1.165) is 4.47 Å². The maximum atomic E-state index is 12.6. The van der Waals surface area contributed by atoms with E-state index < -0.39 is 10.0 Å². The minimum atomic E-state index is -3.78. The number of halogens is 1. The lowest BCUT2D eigenvalue weighted by Gasteiger charge is -2.11. The fourth-order valence-corrected chi connectivity index (χ4v) is 3.95. The third-order valence-electron chi connectivity index (χ3n) is 3.97. The van der Waals surface area contributed by atoms with Crippen molar-refractivity contribution >= 4 is 43.2 Å². The lowest BCUT2D eigenvalue weighted by Crippen LogP contribution is -2.20. The van der Waals surface area contributed by atoms with Crippen LogP contribution in [0, 0.1) is 0 Å². The Balaban J connectivity index is 1.60. The zero-order valence-electron chi connectivity index (χ0n) is 16.0. The number of carbonyl (C=O) groups excluding carboxylic acids is 1. The quantitative estimate of drug-likeness (QED) is 0.491. The van der Waals surface area contributed by atoms with Crippen molar-refractivity contribution in [3.63, 3.8) is 0 Å². The lowest BCUT2D eigenvalue weighted by atomic mass is 10.3. The van der Waals surface area contributed by atoms with Crippen LogP contribution in [0.1, 0.15) is 0 Å². The maximum Gasteiger partial charge on any atom is 0.262 e. The summed E-state index contributed by atoms with van der Waals surface area (Å²) in [7, 11) is -2.27. The molecule has 0 aromatic heterocycles. The summed E-state index contributed by atoms with van der Waals surface area (Å²) in [5.74, 6) is 0.579. The molecule has 0 aliphatic carbocycles. The molecule has 3 rings (SSSR count). The van der Waals surface area contributed by atoms with Crippen LogP contribution in [0.2, 0.25) is 0 Å². The summed E-state index contributed by atoms with van der Waals surface area (Å²) in [5, 5.41) is 2.73. The number of nitrogens with one attached hydrogen (secondary N) is 2. The molecule has 7 nitrogen and oxygen atoms in total. The molecule has 3 aromatic rings. The van der Waals surface area contributed by atoms with Gasteiger partial charge >= 0.3 is 0 Å². The van der Waals surface area contributed by atoms with E-state index in [0.29, 0.717) is 22.9 Å². The van der Waals surface area contributed by atoms with Crippen molar-refractivity contribution in [1.82, 2.24) is 0 Å². The second-order valence-corrected chi connectivity index (χ2v) is 8.66. The molecule has 0 aliphatic heterocycles. The third-order valence-corrected chi connectivity index (χ3v) is 6.06. The van der Waals surface area contributed by atoms with E-state index in [1.54, 1.807) is 36.4 Å². The molecule has 2 N–H and O–H groups in total. The smallest absolute Gasteiger partial charge is 0.262 e. The summed E-state index contributed by atoms with van der Waals surface area (Å²) in [5.41, 5.74) is 1.02. The molecule has 9 heteroatoms. The highest BCUT2D eigenvalue weighted by Gasteiger charge is 2.15. The van der Waals surface area contributed by atoms with E-state index in [-0.39, 0.29) is 17.4 Å². The SMILES string of the molecule is COc1cccc(NS(=O)(=O)c2ccc(OCC(=O)Nc3ccccc3Br)cc2)c1. The van der Waals surface area contributed by atoms with Gasteiger partial charge in [-0.15, -0.1) is 0 Å². The van der Waals surface area contributed by atoms with Gasteiger partial charge in [0.25, 0.3) is 15.9 Å². The van der Waals surface area contributed by atoms with Gasteiger partial charge in [0.15, 0.2) is 6.61 Å². The minimum Gasteiger partial charge on any atom is -0.497 e. The minimum absolute atomic E-state index is 0.0651. The van der Waals surface area contributed by atoms with Gasteiger partial charge in [-0.3, -0.25) is 9.52 Å². The molecule has 0 spiro atoms. The summed E-state index contributed by atoms with van der Waals surface area (Å²) in [6.07, 6.45) is 0. The van der Waals surface area contributed by atoms with Crippen molar-refractivity contribution in [3.05, 3.63) is 77.3 Å². The molecule has 0 radical (unpaired) electrons. The molecule has 0 saturated carbocycles. The average Bonchev–Trinajstić information content (AvgIpc) is 2.74. The van der Waals surface area contributed by atoms with Crippen molar-refractivity contribution < 1.29 is 22.7 Å². The summed E-state index contributed by atoms with van der Waals surface area (Å²) >= 11 is 3.35. The Hall–Kier alpha value is -3.04.